The number of aromatic hydroxyl groups is 1. The van der Waals surface area contributed by atoms with Crippen molar-refractivity contribution in [2.75, 3.05) is 18.4 Å². The third kappa shape index (κ3) is 6.34. The van der Waals surface area contributed by atoms with Crippen LogP contribution in [0.5, 0.6) is 5.75 Å². The highest BCUT2D eigenvalue weighted by atomic mass is 35.5. The minimum Gasteiger partial charge on any atom is -0.506 e. The second-order valence-electron chi connectivity index (χ2n) is 12.1. The number of carbonyl (C=O) groups excluding carboxylic acids is 1. The molecule has 0 bridgehead atoms. The van der Waals surface area contributed by atoms with E-state index in [9.17, 15) is 9.90 Å². The van der Waals surface area contributed by atoms with E-state index in [0.717, 1.165) is 43.7 Å². The maximum Gasteiger partial charge on any atom is 0.185 e. The molecular weight excluding hydrogens is 484 g/mol. The molecule has 1 aromatic carbocycles. The Kier molecular flexibility index (Phi) is 9.39. The van der Waals surface area contributed by atoms with Crippen LogP contribution in [0.4, 0.5) is 5.69 Å². The van der Waals surface area contributed by atoms with Gasteiger partial charge in [-0.1, -0.05) is 66.0 Å². The van der Waals surface area contributed by atoms with Gasteiger partial charge < -0.3 is 15.0 Å². The molecule has 1 aliphatic heterocycles. The van der Waals surface area contributed by atoms with Gasteiger partial charge in [0.05, 0.1) is 12.2 Å². The van der Waals surface area contributed by atoms with Crippen molar-refractivity contribution < 1.29 is 9.90 Å². The Hall–Kier alpha value is -2.05. The molecule has 2 unspecified atom stereocenters. The summed E-state index contributed by atoms with van der Waals surface area (Å²) < 4.78 is 2.11. The van der Waals surface area contributed by atoms with Crippen molar-refractivity contribution in [3.05, 3.63) is 39.9 Å². The van der Waals surface area contributed by atoms with Gasteiger partial charge in [-0.25, -0.2) is 4.98 Å². The molecule has 0 saturated carbocycles. The number of hydrogen-bond acceptors (Lipinski definition) is 5. The lowest BCUT2D eigenvalue weighted by molar-refractivity contribution is 0.0869. The zero-order valence-electron chi connectivity index (χ0n) is 24.3. The zero-order valence-corrected chi connectivity index (χ0v) is 25.0. The number of phenolic OH excluding ortho intramolecular Hbond substituents is 1. The average molecular weight is 531 g/mol. The van der Waals surface area contributed by atoms with Crippen molar-refractivity contribution in [1.29, 1.82) is 0 Å². The molecule has 2 heterocycles. The predicted octanol–water partition coefficient (Wildman–Crippen LogP) is 7.37. The number of benzene rings is 1. The van der Waals surface area contributed by atoms with Crippen LogP contribution in [0.15, 0.2) is 12.1 Å². The molecule has 206 valence electrons. The first kappa shape index (κ1) is 29.5. The van der Waals surface area contributed by atoms with Crippen LogP contribution in [0.1, 0.15) is 108 Å². The number of likely N-dealkylation sites (tertiary alicyclic amines) is 1. The molecule has 1 fully saturated rings. The number of rotatable bonds is 10. The van der Waals surface area contributed by atoms with Crippen molar-refractivity contribution in [3.8, 4) is 5.75 Å². The van der Waals surface area contributed by atoms with Crippen molar-refractivity contribution in [3.63, 3.8) is 0 Å². The number of imidazole rings is 1. The van der Waals surface area contributed by atoms with E-state index in [1.165, 1.54) is 5.56 Å². The third-order valence-electron chi connectivity index (χ3n) is 8.22. The molecule has 1 aliphatic rings. The van der Waals surface area contributed by atoms with E-state index in [0.29, 0.717) is 29.9 Å². The molecule has 1 aromatic heterocycles. The third-order valence-corrected chi connectivity index (χ3v) is 8.49. The van der Waals surface area contributed by atoms with Crippen LogP contribution >= 0.6 is 11.6 Å². The number of ketones is 1. The van der Waals surface area contributed by atoms with Gasteiger partial charge >= 0.3 is 0 Å². The number of anilines is 1. The van der Waals surface area contributed by atoms with E-state index in [-0.39, 0.29) is 34.1 Å². The van der Waals surface area contributed by atoms with Gasteiger partial charge in [-0.3, -0.25) is 9.69 Å². The number of nitrogens with zero attached hydrogens (tertiary/aromatic N) is 3. The number of aryl methyl sites for hydroxylation is 1. The second-order valence-corrected chi connectivity index (χ2v) is 12.4. The number of aromatic nitrogens is 2. The van der Waals surface area contributed by atoms with Crippen molar-refractivity contribution in [2.24, 2.45) is 11.8 Å². The first-order valence-electron chi connectivity index (χ1n) is 13.9. The highest BCUT2D eigenvalue weighted by Crippen LogP contribution is 2.36. The topological polar surface area (TPSA) is 70.4 Å². The van der Waals surface area contributed by atoms with Gasteiger partial charge in [-0.2, -0.15) is 0 Å². The zero-order chi connectivity index (χ0) is 27.7. The lowest BCUT2D eigenvalue weighted by atomic mass is 9.83. The molecule has 7 heteroatoms. The minimum absolute atomic E-state index is 0.0506. The van der Waals surface area contributed by atoms with Gasteiger partial charge in [0.25, 0.3) is 0 Å². The van der Waals surface area contributed by atoms with Crippen molar-refractivity contribution in [1.82, 2.24) is 14.5 Å². The van der Waals surface area contributed by atoms with E-state index in [4.69, 9.17) is 16.6 Å². The largest absolute Gasteiger partial charge is 0.506 e. The second kappa shape index (κ2) is 11.8. The summed E-state index contributed by atoms with van der Waals surface area (Å²) in [6.07, 6.45) is 2.86. The Morgan fingerprint density at radius 3 is 2.41 bits per heavy atom. The predicted molar refractivity (Wildman–Crippen MR) is 154 cm³/mol. The van der Waals surface area contributed by atoms with Crippen LogP contribution in [0, 0.1) is 18.8 Å². The normalized spacial score (nSPS) is 17.7. The molecule has 0 spiro atoms. The Labute approximate surface area is 228 Å². The number of nitrogens with one attached hydrogen (secondary N) is 1. The number of phenols is 1. The summed E-state index contributed by atoms with van der Waals surface area (Å²) in [4.78, 5) is 21.0. The number of hydrogen-bond donors (Lipinski definition) is 2. The van der Waals surface area contributed by atoms with Gasteiger partial charge in [-0.15, -0.1) is 0 Å². The quantitative estimate of drug-likeness (QED) is 0.248. The number of Topliss-reactive ketones (excluding diaryl/α,β-unsaturated/α-hetero) is 1. The molecule has 2 atom stereocenters. The maximum atomic E-state index is 13.8. The molecule has 2 N–H and O–H groups in total. The van der Waals surface area contributed by atoms with Crippen LogP contribution in [0.25, 0.3) is 0 Å². The Balaban J connectivity index is 2.01. The van der Waals surface area contributed by atoms with Gasteiger partial charge in [0.1, 0.15) is 17.3 Å². The average Bonchev–Trinajstić information content (AvgIpc) is 3.42. The molecular formula is C30H47ClN4O2. The SMILES string of the molecule is CCC(CC)C(C)C(=O)c1c(Cl)nc(CNc2cc(C(C)(C)C)c(C)cc2O)n1C1CCN(C(C)C)C1. The Bertz CT molecular complexity index is 1100. The lowest BCUT2D eigenvalue weighted by Gasteiger charge is -2.25. The fraction of sp³-hybridized carbons (Fsp3) is 0.667. The summed E-state index contributed by atoms with van der Waals surface area (Å²) in [5.74, 6) is 1.21. The van der Waals surface area contributed by atoms with E-state index >= 15 is 0 Å². The Morgan fingerprint density at radius 2 is 1.86 bits per heavy atom. The fourth-order valence-electron chi connectivity index (χ4n) is 5.88. The molecule has 37 heavy (non-hydrogen) atoms. The summed E-state index contributed by atoms with van der Waals surface area (Å²) in [6.45, 7) is 21.5. The van der Waals surface area contributed by atoms with E-state index in [2.05, 4.69) is 63.2 Å². The van der Waals surface area contributed by atoms with Crippen molar-refractivity contribution >= 4 is 23.1 Å². The first-order valence-corrected chi connectivity index (χ1v) is 14.3. The summed E-state index contributed by atoms with van der Waals surface area (Å²) in [5.41, 5.74) is 3.38. The van der Waals surface area contributed by atoms with Crippen molar-refractivity contribution in [2.45, 2.75) is 106 Å². The summed E-state index contributed by atoms with van der Waals surface area (Å²) in [6, 6.07) is 4.40. The molecule has 2 aromatic rings. The first-order chi connectivity index (χ1) is 17.3. The van der Waals surface area contributed by atoms with E-state index in [1.54, 1.807) is 0 Å². The van der Waals surface area contributed by atoms with Crippen LogP contribution in [-0.2, 0) is 12.0 Å². The molecule has 3 rings (SSSR count). The van der Waals surface area contributed by atoms with Crippen LogP contribution in [0.3, 0.4) is 0 Å². The fourth-order valence-corrected chi connectivity index (χ4v) is 6.16. The summed E-state index contributed by atoms with van der Waals surface area (Å²) in [7, 11) is 0. The lowest BCUT2D eigenvalue weighted by Crippen LogP contribution is -2.30. The van der Waals surface area contributed by atoms with Gasteiger partial charge in [0.2, 0.25) is 0 Å². The van der Waals surface area contributed by atoms with Crippen LogP contribution < -0.4 is 5.32 Å². The van der Waals surface area contributed by atoms with Crippen LogP contribution in [0.2, 0.25) is 5.15 Å². The number of carbonyl (C=O) groups is 1. The molecule has 0 aliphatic carbocycles. The maximum absolute atomic E-state index is 13.8. The summed E-state index contributed by atoms with van der Waals surface area (Å²) in [5, 5.41) is 14.4. The van der Waals surface area contributed by atoms with Gasteiger partial charge in [0, 0.05) is 31.1 Å². The van der Waals surface area contributed by atoms with Gasteiger partial charge in [0.15, 0.2) is 10.9 Å². The molecule has 0 amide bonds. The van der Waals surface area contributed by atoms with Crippen LogP contribution in [-0.4, -0.2) is 44.5 Å². The molecule has 6 nitrogen and oxygen atoms in total. The smallest absolute Gasteiger partial charge is 0.185 e. The van der Waals surface area contributed by atoms with E-state index < -0.39 is 0 Å². The molecule has 0 radical (unpaired) electrons. The highest BCUT2D eigenvalue weighted by molar-refractivity contribution is 6.32. The van der Waals surface area contributed by atoms with E-state index in [1.807, 2.05) is 26.0 Å². The highest BCUT2D eigenvalue weighted by Gasteiger charge is 2.35. The van der Waals surface area contributed by atoms with Gasteiger partial charge in [-0.05, 0) is 61.8 Å². The standard InChI is InChI=1S/C30H47ClN4O2/c1-10-21(11-2)20(6)28(37)27-29(31)33-26(35(27)22-12-13-34(17-22)18(3)4)16-32-24-15-23(30(7,8)9)19(5)14-25(24)36/h14-15,18,20-22,32,36H,10-13,16-17H2,1-9H3. The molecule has 1 saturated heterocycles. The monoisotopic (exact) mass is 530 g/mol. The summed E-state index contributed by atoms with van der Waals surface area (Å²) >= 11 is 6.73. The minimum atomic E-state index is -0.123. The number of halogens is 1. The Morgan fingerprint density at radius 1 is 1.22 bits per heavy atom.